The Kier molecular flexibility index (Phi) is 9.77. The molecule has 0 aromatic carbocycles. The highest BCUT2D eigenvalue weighted by molar-refractivity contribution is 6.38. The van der Waals surface area contributed by atoms with Crippen molar-refractivity contribution < 1.29 is 23.9 Å². The van der Waals surface area contributed by atoms with E-state index in [-0.39, 0.29) is 18.4 Å². The maximum Gasteiger partial charge on any atom is 0.318 e. The summed E-state index contributed by atoms with van der Waals surface area (Å²) in [4.78, 5) is 50.7. The Labute approximate surface area is 160 Å². The van der Waals surface area contributed by atoms with Crippen molar-refractivity contribution in [3.05, 3.63) is 0 Å². The quantitative estimate of drug-likeness (QED) is 0.486. The Bertz CT molecular complexity index is 532. The van der Waals surface area contributed by atoms with Gasteiger partial charge in [-0.1, -0.05) is 20.8 Å². The first-order valence-corrected chi connectivity index (χ1v) is 9.55. The van der Waals surface area contributed by atoms with Crippen LogP contribution in [0, 0.1) is 5.92 Å². The standard InChI is InChI=1S/C18H32N4O5/c1-5-13(15(23)17(25)19-6-2)20-16(24)14(11-12(3)4)21-18(26)22-7-9-27-10-8-22/h12-14H,5-11H2,1-4H3,(H,19,25)(H,20,24)(H,21,26). The molecule has 1 rings (SSSR count). The number of carbonyl (C=O) groups excluding carboxylic acids is 4. The Morgan fingerprint density at radius 1 is 1.00 bits per heavy atom. The lowest BCUT2D eigenvalue weighted by Gasteiger charge is -2.30. The first-order chi connectivity index (χ1) is 12.8. The van der Waals surface area contributed by atoms with E-state index in [4.69, 9.17) is 4.74 Å². The number of hydrogen-bond acceptors (Lipinski definition) is 5. The molecule has 0 spiro atoms. The Morgan fingerprint density at radius 3 is 2.15 bits per heavy atom. The summed E-state index contributed by atoms with van der Waals surface area (Å²) in [6.07, 6.45) is 0.710. The molecule has 4 amide bonds. The zero-order valence-electron chi connectivity index (χ0n) is 16.7. The molecular formula is C18H32N4O5. The maximum absolute atomic E-state index is 12.7. The summed E-state index contributed by atoms with van der Waals surface area (Å²) in [6, 6.07) is -2.03. The topological polar surface area (TPSA) is 117 Å². The number of nitrogens with zero attached hydrogens (tertiary/aromatic N) is 1. The van der Waals surface area contributed by atoms with Crippen LogP contribution in [0.5, 0.6) is 0 Å². The van der Waals surface area contributed by atoms with Gasteiger partial charge in [0.15, 0.2) is 0 Å². The molecule has 3 N–H and O–H groups in total. The van der Waals surface area contributed by atoms with Crippen LogP contribution in [0.15, 0.2) is 0 Å². The number of carbonyl (C=O) groups is 4. The average Bonchev–Trinajstić information content (AvgIpc) is 2.65. The van der Waals surface area contributed by atoms with Gasteiger partial charge in [-0.15, -0.1) is 0 Å². The largest absolute Gasteiger partial charge is 0.378 e. The SMILES string of the molecule is CCNC(=O)C(=O)C(CC)NC(=O)C(CC(C)C)NC(=O)N1CCOCC1. The van der Waals surface area contributed by atoms with Crippen LogP contribution in [0.4, 0.5) is 4.79 Å². The van der Waals surface area contributed by atoms with Gasteiger partial charge in [0.1, 0.15) is 6.04 Å². The van der Waals surface area contributed by atoms with Crippen LogP contribution in [-0.2, 0) is 19.1 Å². The average molecular weight is 384 g/mol. The van der Waals surface area contributed by atoms with E-state index in [1.807, 2.05) is 13.8 Å². The molecule has 27 heavy (non-hydrogen) atoms. The fourth-order valence-electron chi connectivity index (χ4n) is 2.74. The molecule has 0 aromatic heterocycles. The van der Waals surface area contributed by atoms with E-state index in [1.54, 1.807) is 18.7 Å². The van der Waals surface area contributed by atoms with E-state index in [1.165, 1.54) is 0 Å². The first-order valence-electron chi connectivity index (χ1n) is 9.55. The van der Waals surface area contributed by atoms with E-state index >= 15 is 0 Å². The van der Waals surface area contributed by atoms with E-state index < -0.39 is 29.7 Å². The maximum atomic E-state index is 12.7. The van der Waals surface area contributed by atoms with Gasteiger partial charge >= 0.3 is 6.03 Å². The van der Waals surface area contributed by atoms with Crippen molar-refractivity contribution >= 4 is 23.6 Å². The van der Waals surface area contributed by atoms with Crippen molar-refractivity contribution in [1.82, 2.24) is 20.9 Å². The van der Waals surface area contributed by atoms with Gasteiger partial charge in [-0.05, 0) is 25.7 Å². The minimum absolute atomic E-state index is 0.157. The lowest BCUT2D eigenvalue weighted by molar-refractivity contribution is -0.140. The van der Waals surface area contributed by atoms with E-state index in [0.717, 1.165) is 0 Å². The molecule has 0 aromatic rings. The van der Waals surface area contributed by atoms with Crippen molar-refractivity contribution in [3.63, 3.8) is 0 Å². The number of Topliss-reactive ketones (excluding diaryl/α,β-unsaturated/α-hetero) is 1. The first kappa shape index (κ1) is 22.9. The van der Waals surface area contributed by atoms with E-state index in [9.17, 15) is 19.2 Å². The summed E-state index contributed by atoms with van der Waals surface area (Å²) < 4.78 is 5.23. The van der Waals surface area contributed by atoms with Crippen LogP contribution in [-0.4, -0.2) is 73.5 Å². The van der Waals surface area contributed by atoms with Crippen molar-refractivity contribution in [3.8, 4) is 0 Å². The number of nitrogens with one attached hydrogen (secondary N) is 3. The van der Waals surface area contributed by atoms with E-state index in [0.29, 0.717) is 39.3 Å². The zero-order chi connectivity index (χ0) is 20.4. The van der Waals surface area contributed by atoms with Gasteiger partial charge in [0.2, 0.25) is 11.7 Å². The number of morpholine rings is 1. The number of rotatable bonds is 9. The molecule has 1 aliphatic rings. The molecule has 154 valence electrons. The molecule has 0 bridgehead atoms. The Hall–Kier alpha value is -2.16. The lowest BCUT2D eigenvalue weighted by Crippen LogP contribution is -2.56. The molecule has 9 nitrogen and oxygen atoms in total. The molecule has 9 heteroatoms. The second-order valence-corrected chi connectivity index (χ2v) is 6.92. The van der Waals surface area contributed by atoms with Gasteiger partial charge in [0.05, 0.1) is 19.3 Å². The third-order valence-corrected chi connectivity index (χ3v) is 4.22. The number of hydrogen-bond donors (Lipinski definition) is 3. The molecule has 1 saturated heterocycles. The van der Waals surface area contributed by atoms with E-state index in [2.05, 4.69) is 16.0 Å². The van der Waals surface area contributed by atoms with Crippen LogP contribution in [0.1, 0.15) is 40.5 Å². The fraction of sp³-hybridized carbons (Fsp3) is 0.778. The highest BCUT2D eigenvalue weighted by Crippen LogP contribution is 2.08. The molecule has 1 heterocycles. The van der Waals surface area contributed by atoms with Crippen molar-refractivity contribution in [1.29, 1.82) is 0 Å². The molecule has 1 aliphatic heterocycles. The van der Waals surface area contributed by atoms with Gasteiger partial charge in [-0.3, -0.25) is 14.4 Å². The molecule has 0 aliphatic carbocycles. The second-order valence-electron chi connectivity index (χ2n) is 6.92. The molecule has 2 unspecified atom stereocenters. The number of ether oxygens (including phenoxy) is 1. The fourth-order valence-corrected chi connectivity index (χ4v) is 2.74. The van der Waals surface area contributed by atoms with Crippen molar-refractivity contribution in [2.45, 2.75) is 52.6 Å². The number of amides is 4. The van der Waals surface area contributed by atoms with Gasteiger partial charge < -0.3 is 25.6 Å². The summed E-state index contributed by atoms with van der Waals surface area (Å²) in [6.45, 7) is 9.51. The van der Waals surface area contributed by atoms with Gasteiger partial charge in [-0.25, -0.2) is 4.79 Å². The molecule has 1 fully saturated rings. The number of ketones is 1. The number of likely N-dealkylation sites (N-methyl/N-ethyl adjacent to an activating group) is 1. The van der Waals surface area contributed by atoms with Crippen LogP contribution < -0.4 is 16.0 Å². The third kappa shape index (κ3) is 7.54. The summed E-state index contributed by atoms with van der Waals surface area (Å²) in [7, 11) is 0. The number of urea groups is 1. The summed E-state index contributed by atoms with van der Waals surface area (Å²) in [5.74, 6) is -1.71. The van der Waals surface area contributed by atoms with Crippen molar-refractivity contribution in [2.24, 2.45) is 5.92 Å². The van der Waals surface area contributed by atoms with Crippen molar-refractivity contribution in [2.75, 3.05) is 32.8 Å². The summed E-state index contributed by atoms with van der Waals surface area (Å²) in [5.41, 5.74) is 0. The van der Waals surface area contributed by atoms with Gasteiger partial charge in [0.25, 0.3) is 5.91 Å². The van der Waals surface area contributed by atoms with Crippen LogP contribution in [0.3, 0.4) is 0 Å². The molecule has 2 atom stereocenters. The van der Waals surface area contributed by atoms with Crippen LogP contribution in [0.25, 0.3) is 0 Å². The summed E-state index contributed by atoms with van der Waals surface area (Å²) in [5, 5.41) is 7.80. The molecule has 0 saturated carbocycles. The van der Waals surface area contributed by atoms with Gasteiger partial charge in [-0.2, -0.15) is 0 Å². The highest BCUT2D eigenvalue weighted by Gasteiger charge is 2.30. The summed E-state index contributed by atoms with van der Waals surface area (Å²) >= 11 is 0. The van der Waals surface area contributed by atoms with Crippen LogP contribution in [0.2, 0.25) is 0 Å². The highest BCUT2D eigenvalue weighted by atomic mass is 16.5. The minimum atomic E-state index is -0.918. The molecule has 0 radical (unpaired) electrons. The molecular weight excluding hydrogens is 352 g/mol. The normalized spacial score (nSPS) is 16.4. The monoisotopic (exact) mass is 384 g/mol. The predicted octanol–water partition coefficient (Wildman–Crippen LogP) is 0.0429. The Morgan fingerprint density at radius 2 is 1.63 bits per heavy atom. The Balaban J connectivity index is 2.76. The third-order valence-electron chi connectivity index (χ3n) is 4.22. The smallest absolute Gasteiger partial charge is 0.318 e. The predicted molar refractivity (Wildman–Crippen MR) is 100 cm³/mol. The van der Waals surface area contributed by atoms with Crippen LogP contribution >= 0.6 is 0 Å². The second kappa shape index (κ2) is 11.5. The lowest BCUT2D eigenvalue weighted by atomic mass is 10.0. The van der Waals surface area contributed by atoms with Gasteiger partial charge in [0, 0.05) is 19.6 Å². The minimum Gasteiger partial charge on any atom is -0.378 e. The zero-order valence-corrected chi connectivity index (χ0v) is 16.7.